The van der Waals surface area contributed by atoms with Crippen LogP contribution in [-0.2, 0) is 6.54 Å². The van der Waals surface area contributed by atoms with Crippen LogP contribution in [0.1, 0.15) is 11.4 Å². The summed E-state index contributed by atoms with van der Waals surface area (Å²) < 4.78 is 1.91. The summed E-state index contributed by atoms with van der Waals surface area (Å²) in [5.74, 6) is 0.758. The van der Waals surface area contributed by atoms with Crippen molar-refractivity contribution in [3.63, 3.8) is 0 Å². The summed E-state index contributed by atoms with van der Waals surface area (Å²) in [4.78, 5) is 4.26. The van der Waals surface area contributed by atoms with Gasteiger partial charge in [0.2, 0.25) is 0 Å². The molecule has 1 heterocycles. The number of halogens is 2. The molecule has 5 heteroatoms. The third-order valence-electron chi connectivity index (χ3n) is 3.61. The van der Waals surface area contributed by atoms with E-state index in [2.05, 4.69) is 30.1 Å². The number of rotatable bonds is 3. The smallest absolute Gasteiger partial charge is 0.133 e. The van der Waals surface area contributed by atoms with Gasteiger partial charge in [-0.2, -0.15) is 0 Å². The van der Waals surface area contributed by atoms with E-state index in [1.54, 1.807) is 6.20 Å². The predicted octanol–water partition coefficient (Wildman–Crippen LogP) is 4.38. The molecule has 0 fully saturated rings. The maximum atomic E-state index is 6.27. The van der Waals surface area contributed by atoms with E-state index in [1.807, 2.05) is 34.9 Å². The molecule has 0 bridgehead atoms. The number of hydrogen-bond donors (Lipinski definition) is 1. The lowest BCUT2D eigenvalue weighted by atomic mass is 9.99. The minimum atomic E-state index is 0. The second kappa shape index (κ2) is 6.97. The third kappa shape index (κ3) is 2.88. The van der Waals surface area contributed by atoms with Crippen molar-refractivity contribution in [2.45, 2.75) is 13.5 Å². The van der Waals surface area contributed by atoms with Crippen molar-refractivity contribution in [1.82, 2.24) is 9.55 Å². The number of nitrogens with zero attached hydrogens (tertiary/aromatic N) is 2. The Kier molecular flexibility index (Phi) is 5.24. The first-order chi connectivity index (χ1) is 10.2. The number of aromatic nitrogens is 2. The van der Waals surface area contributed by atoms with Gasteiger partial charge in [-0.05, 0) is 29.7 Å². The molecule has 0 radical (unpaired) electrons. The third-order valence-corrected chi connectivity index (χ3v) is 3.87. The van der Waals surface area contributed by atoms with Crippen molar-refractivity contribution < 1.29 is 0 Å². The molecule has 0 unspecified atom stereocenters. The van der Waals surface area contributed by atoms with Gasteiger partial charge in [0.1, 0.15) is 11.0 Å². The molecule has 114 valence electrons. The van der Waals surface area contributed by atoms with Gasteiger partial charge in [-0.3, -0.25) is 4.57 Å². The van der Waals surface area contributed by atoms with Crippen molar-refractivity contribution in [3.8, 4) is 16.8 Å². The second-order valence-electron chi connectivity index (χ2n) is 4.85. The Morgan fingerprint density at radius 2 is 1.82 bits per heavy atom. The molecule has 0 amide bonds. The lowest BCUT2D eigenvalue weighted by Gasteiger charge is -2.15. The summed E-state index contributed by atoms with van der Waals surface area (Å²) >= 11 is 6.27. The Labute approximate surface area is 141 Å². The maximum Gasteiger partial charge on any atom is 0.133 e. The maximum absolute atomic E-state index is 6.27. The van der Waals surface area contributed by atoms with Crippen LogP contribution >= 0.6 is 24.0 Å². The Morgan fingerprint density at radius 1 is 1.09 bits per heavy atom. The molecule has 0 aliphatic rings. The molecule has 0 aliphatic heterocycles. The number of hydrogen-bond acceptors (Lipinski definition) is 2. The van der Waals surface area contributed by atoms with Gasteiger partial charge in [0, 0.05) is 0 Å². The summed E-state index contributed by atoms with van der Waals surface area (Å²) in [7, 11) is 0. The van der Waals surface area contributed by atoms with E-state index >= 15 is 0 Å². The monoisotopic (exact) mass is 333 g/mol. The van der Waals surface area contributed by atoms with E-state index in [4.69, 9.17) is 17.3 Å². The van der Waals surface area contributed by atoms with Gasteiger partial charge in [-0.15, -0.1) is 12.4 Å². The fourth-order valence-corrected chi connectivity index (χ4v) is 2.80. The Balaban J connectivity index is 0.00000176. The van der Waals surface area contributed by atoms with Crippen LogP contribution in [0.3, 0.4) is 0 Å². The Morgan fingerprint density at radius 3 is 2.50 bits per heavy atom. The van der Waals surface area contributed by atoms with Crippen molar-refractivity contribution in [3.05, 3.63) is 71.3 Å². The van der Waals surface area contributed by atoms with Crippen molar-refractivity contribution in [2.75, 3.05) is 0 Å². The van der Waals surface area contributed by atoms with Crippen LogP contribution in [0.25, 0.3) is 16.8 Å². The zero-order valence-corrected chi connectivity index (χ0v) is 13.7. The molecule has 1 aromatic heterocycles. The molecule has 0 saturated heterocycles. The van der Waals surface area contributed by atoms with E-state index in [9.17, 15) is 0 Å². The van der Waals surface area contributed by atoms with Crippen LogP contribution < -0.4 is 5.73 Å². The molecule has 0 spiro atoms. The number of imidazole rings is 1. The van der Waals surface area contributed by atoms with E-state index in [-0.39, 0.29) is 12.4 Å². The van der Waals surface area contributed by atoms with Gasteiger partial charge < -0.3 is 5.73 Å². The summed E-state index contributed by atoms with van der Waals surface area (Å²) in [5.41, 5.74) is 10.3. The lowest BCUT2D eigenvalue weighted by molar-refractivity contribution is 0.864. The fraction of sp³-hybridized carbons (Fsp3) is 0.118. The van der Waals surface area contributed by atoms with Gasteiger partial charge in [0.15, 0.2) is 0 Å². The topological polar surface area (TPSA) is 43.8 Å². The second-order valence-corrected chi connectivity index (χ2v) is 5.24. The molecular formula is C17H17Cl2N3. The largest absolute Gasteiger partial charge is 0.324 e. The van der Waals surface area contributed by atoms with Gasteiger partial charge in [-0.25, -0.2) is 4.98 Å². The van der Waals surface area contributed by atoms with Crippen LogP contribution in [0.15, 0.2) is 54.7 Å². The quantitative estimate of drug-likeness (QED) is 0.772. The minimum absolute atomic E-state index is 0. The SMILES string of the molecule is Cc1c(-c2ccccc2)cccc1-n1c(Cl)cnc1CN.Cl. The first-order valence-electron chi connectivity index (χ1n) is 6.80. The van der Waals surface area contributed by atoms with Crippen LogP contribution in [-0.4, -0.2) is 9.55 Å². The Hall–Kier alpha value is -1.81. The van der Waals surface area contributed by atoms with Gasteiger partial charge in [0.25, 0.3) is 0 Å². The van der Waals surface area contributed by atoms with E-state index in [1.165, 1.54) is 11.1 Å². The first-order valence-corrected chi connectivity index (χ1v) is 7.17. The zero-order chi connectivity index (χ0) is 14.8. The van der Waals surface area contributed by atoms with E-state index in [0.29, 0.717) is 11.7 Å². The average Bonchev–Trinajstić information content (AvgIpc) is 2.89. The van der Waals surface area contributed by atoms with Gasteiger partial charge in [0.05, 0.1) is 18.4 Å². The van der Waals surface area contributed by atoms with Crippen molar-refractivity contribution >= 4 is 24.0 Å². The van der Waals surface area contributed by atoms with E-state index < -0.39 is 0 Å². The highest BCUT2D eigenvalue weighted by Crippen LogP contribution is 2.30. The summed E-state index contributed by atoms with van der Waals surface area (Å²) in [5, 5.41) is 0.573. The highest BCUT2D eigenvalue weighted by Gasteiger charge is 2.13. The summed E-state index contributed by atoms with van der Waals surface area (Å²) in [6.07, 6.45) is 1.64. The zero-order valence-electron chi connectivity index (χ0n) is 12.2. The van der Waals surface area contributed by atoms with Crippen LogP contribution in [0, 0.1) is 6.92 Å². The predicted molar refractivity (Wildman–Crippen MR) is 93.9 cm³/mol. The highest BCUT2D eigenvalue weighted by molar-refractivity contribution is 6.29. The fourth-order valence-electron chi connectivity index (χ4n) is 2.56. The Bertz CT molecular complexity index is 767. The molecule has 3 nitrogen and oxygen atoms in total. The summed E-state index contributed by atoms with van der Waals surface area (Å²) in [6.45, 7) is 2.44. The minimum Gasteiger partial charge on any atom is -0.324 e. The standard InChI is InChI=1S/C17H16ClN3.ClH/c1-12-14(13-6-3-2-4-7-13)8-5-9-15(12)21-16(18)11-20-17(21)10-19;/h2-9,11H,10,19H2,1H3;1H. The van der Waals surface area contributed by atoms with Crippen molar-refractivity contribution in [2.24, 2.45) is 5.73 Å². The normalized spacial score (nSPS) is 10.3. The van der Waals surface area contributed by atoms with Gasteiger partial charge >= 0.3 is 0 Å². The van der Waals surface area contributed by atoms with Crippen LogP contribution in [0.4, 0.5) is 0 Å². The molecule has 2 N–H and O–H groups in total. The number of nitrogens with two attached hydrogens (primary N) is 1. The molecule has 3 aromatic rings. The molecular weight excluding hydrogens is 317 g/mol. The molecule has 2 aromatic carbocycles. The van der Waals surface area contributed by atoms with Crippen LogP contribution in [0.2, 0.25) is 5.15 Å². The molecule has 0 saturated carbocycles. The summed E-state index contributed by atoms with van der Waals surface area (Å²) in [6, 6.07) is 16.5. The lowest BCUT2D eigenvalue weighted by Crippen LogP contribution is -2.08. The van der Waals surface area contributed by atoms with E-state index in [0.717, 1.165) is 17.1 Å². The number of benzene rings is 2. The molecule has 0 aliphatic carbocycles. The van der Waals surface area contributed by atoms with Gasteiger partial charge in [-0.1, -0.05) is 54.1 Å². The highest BCUT2D eigenvalue weighted by atomic mass is 35.5. The molecule has 22 heavy (non-hydrogen) atoms. The van der Waals surface area contributed by atoms with Crippen LogP contribution in [0.5, 0.6) is 0 Å². The van der Waals surface area contributed by atoms with Crippen molar-refractivity contribution in [1.29, 1.82) is 0 Å². The molecule has 3 rings (SSSR count). The average molecular weight is 334 g/mol. The first kappa shape index (κ1) is 16.6. The molecule has 0 atom stereocenters.